The summed E-state index contributed by atoms with van der Waals surface area (Å²) in [5.41, 5.74) is 0. The summed E-state index contributed by atoms with van der Waals surface area (Å²) in [4.78, 5) is 21.3. The first-order valence-corrected chi connectivity index (χ1v) is 4.81. The van der Waals surface area contributed by atoms with E-state index in [1.165, 1.54) is 0 Å². The first-order valence-electron chi connectivity index (χ1n) is 4.81. The average Bonchev–Trinajstić information content (AvgIpc) is 2.15. The van der Waals surface area contributed by atoms with E-state index in [1.54, 1.807) is 12.2 Å². The van der Waals surface area contributed by atoms with Gasteiger partial charge in [0, 0.05) is 6.54 Å². The van der Waals surface area contributed by atoms with Crippen LogP contribution in [0.5, 0.6) is 0 Å². The topological polar surface area (TPSA) is 55.4 Å². The van der Waals surface area contributed by atoms with E-state index < -0.39 is 18.1 Å². The van der Waals surface area contributed by atoms with Crippen LogP contribution in [0.4, 0.5) is 13.2 Å². The van der Waals surface area contributed by atoms with Crippen LogP contribution in [0.25, 0.3) is 0 Å². The van der Waals surface area contributed by atoms with Crippen LogP contribution in [-0.4, -0.2) is 30.7 Å². The predicted molar refractivity (Wildman–Crippen MR) is 49.5 cm³/mol. The predicted octanol–water partition coefficient (Wildman–Crippen LogP) is 1.40. The number of carbonyl (C=O) groups excluding carboxylic acids is 2. The molecule has 16 heavy (non-hydrogen) atoms. The first kappa shape index (κ1) is 14.7. The highest BCUT2D eigenvalue weighted by Crippen LogP contribution is 2.13. The number of halogens is 3. The third-order valence-electron chi connectivity index (χ3n) is 1.78. The van der Waals surface area contributed by atoms with Crippen molar-refractivity contribution in [3.8, 4) is 0 Å². The van der Waals surface area contributed by atoms with Crippen molar-refractivity contribution < 1.29 is 27.5 Å². The second-order valence-corrected chi connectivity index (χ2v) is 3.21. The number of hydrogen-bond donors (Lipinski definition) is 1. The molecule has 1 N–H and O–H groups in total. The number of carbonyl (C=O) groups is 2. The lowest BCUT2D eigenvalue weighted by atomic mass is 10.3. The van der Waals surface area contributed by atoms with Crippen molar-refractivity contribution in [2.75, 3.05) is 6.54 Å². The smallest absolute Gasteiger partial charge is 0.463 e. The molecule has 94 valence electrons. The second-order valence-electron chi connectivity index (χ2n) is 3.21. The fraction of sp³-hybridized carbons (Fsp3) is 0.778. The molecule has 0 aliphatic carbocycles. The molecule has 0 aromatic heterocycles. The Hall–Kier alpha value is -1.27. The Morgan fingerprint density at radius 1 is 1.38 bits per heavy atom. The Balaban J connectivity index is 3.75. The fourth-order valence-corrected chi connectivity index (χ4v) is 0.745. The van der Waals surface area contributed by atoms with Gasteiger partial charge in [0.1, 0.15) is 0 Å². The number of nitrogens with one attached hydrogen (secondary N) is 1. The molecule has 0 bridgehead atoms. The lowest BCUT2D eigenvalue weighted by Gasteiger charge is -2.11. The molecular formula is C9H14F3NO3. The molecule has 0 heterocycles. The zero-order valence-corrected chi connectivity index (χ0v) is 9.06. The quantitative estimate of drug-likeness (QED) is 0.740. The Kier molecular flexibility index (Phi) is 5.84. The van der Waals surface area contributed by atoms with Gasteiger partial charge in [-0.3, -0.25) is 9.59 Å². The van der Waals surface area contributed by atoms with Crippen LogP contribution in [0.1, 0.15) is 26.7 Å². The van der Waals surface area contributed by atoms with Crippen LogP contribution >= 0.6 is 0 Å². The maximum Gasteiger partial charge on any atom is 0.471 e. The third-order valence-corrected chi connectivity index (χ3v) is 1.78. The van der Waals surface area contributed by atoms with Gasteiger partial charge in [0.25, 0.3) is 0 Å². The monoisotopic (exact) mass is 241 g/mol. The fourth-order valence-electron chi connectivity index (χ4n) is 0.745. The van der Waals surface area contributed by atoms with Gasteiger partial charge < -0.3 is 10.1 Å². The van der Waals surface area contributed by atoms with Crippen molar-refractivity contribution in [1.29, 1.82) is 0 Å². The van der Waals surface area contributed by atoms with E-state index in [9.17, 15) is 22.8 Å². The highest BCUT2D eigenvalue weighted by molar-refractivity contribution is 5.82. The Morgan fingerprint density at radius 2 is 1.94 bits per heavy atom. The maximum atomic E-state index is 11.7. The van der Waals surface area contributed by atoms with E-state index in [0.717, 1.165) is 0 Å². The van der Waals surface area contributed by atoms with Gasteiger partial charge in [-0.1, -0.05) is 6.92 Å². The SMILES string of the molecule is CC[C@H](C)OC(=O)CCNC(=O)C(F)(F)F. The van der Waals surface area contributed by atoms with Crippen LogP contribution in [0.15, 0.2) is 0 Å². The van der Waals surface area contributed by atoms with Gasteiger partial charge in [-0.2, -0.15) is 13.2 Å². The molecule has 0 radical (unpaired) electrons. The van der Waals surface area contributed by atoms with E-state index >= 15 is 0 Å². The van der Waals surface area contributed by atoms with E-state index in [-0.39, 0.29) is 19.1 Å². The minimum absolute atomic E-state index is 0.272. The van der Waals surface area contributed by atoms with Crippen LogP contribution in [0.2, 0.25) is 0 Å². The lowest BCUT2D eigenvalue weighted by Crippen LogP contribution is -2.38. The molecule has 0 aliphatic heterocycles. The van der Waals surface area contributed by atoms with Gasteiger partial charge in [-0.25, -0.2) is 0 Å². The molecule has 1 amide bonds. The normalized spacial score (nSPS) is 13.1. The average molecular weight is 241 g/mol. The van der Waals surface area contributed by atoms with Crippen LogP contribution in [-0.2, 0) is 14.3 Å². The van der Waals surface area contributed by atoms with Gasteiger partial charge in [0.2, 0.25) is 0 Å². The summed E-state index contributed by atoms with van der Waals surface area (Å²) in [6.07, 6.45) is -4.83. The summed E-state index contributed by atoms with van der Waals surface area (Å²) >= 11 is 0. The molecule has 0 aromatic carbocycles. The molecule has 0 saturated heterocycles. The van der Waals surface area contributed by atoms with Crippen LogP contribution in [0.3, 0.4) is 0 Å². The Bertz CT molecular complexity index is 253. The molecule has 0 aromatic rings. The number of esters is 1. The lowest BCUT2D eigenvalue weighted by molar-refractivity contribution is -0.173. The van der Waals surface area contributed by atoms with Crippen molar-refractivity contribution in [3.63, 3.8) is 0 Å². The third kappa shape index (κ3) is 6.26. The van der Waals surface area contributed by atoms with E-state index in [2.05, 4.69) is 0 Å². The summed E-state index contributed by atoms with van der Waals surface area (Å²) in [5.74, 6) is -2.68. The zero-order chi connectivity index (χ0) is 12.8. The first-order chi connectivity index (χ1) is 7.27. The molecule has 0 saturated carbocycles. The van der Waals surface area contributed by atoms with Crippen LogP contribution in [0, 0.1) is 0 Å². The van der Waals surface area contributed by atoms with E-state index in [4.69, 9.17) is 4.74 Å². The number of hydrogen-bond acceptors (Lipinski definition) is 3. The van der Waals surface area contributed by atoms with Crippen molar-refractivity contribution in [1.82, 2.24) is 5.32 Å². The van der Waals surface area contributed by atoms with Gasteiger partial charge in [-0.15, -0.1) is 0 Å². The van der Waals surface area contributed by atoms with Crippen LogP contribution < -0.4 is 5.32 Å². The Labute approximate surface area is 91.1 Å². The molecule has 1 atom stereocenters. The van der Waals surface area contributed by atoms with Crippen molar-refractivity contribution >= 4 is 11.9 Å². The molecule has 0 rings (SSSR count). The zero-order valence-electron chi connectivity index (χ0n) is 9.06. The molecule has 0 unspecified atom stereocenters. The number of alkyl halides is 3. The highest BCUT2D eigenvalue weighted by Gasteiger charge is 2.38. The van der Waals surface area contributed by atoms with Gasteiger partial charge >= 0.3 is 18.1 Å². The minimum Gasteiger partial charge on any atom is -0.463 e. The molecule has 7 heteroatoms. The number of rotatable bonds is 5. The maximum absolute atomic E-state index is 11.7. The largest absolute Gasteiger partial charge is 0.471 e. The number of amides is 1. The molecule has 4 nitrogen and oxygen atoms in total. The summed E-state index contributed by atoms with van der Waals surface area (Å²) < 4.78 is 39.9. The summed E-state index contributed by atoms with van der Waals surface area (Å²) in [5, 5.41) is 1.58. The standard InChI is InChI=1S/C9H14F3NO3/c1-3-6(2)16-7(14)4-5-13-8(15)9(10,11)12/h6H,3-5H2,1-2H3,(H,13,15)/t6-/m0/s1. The van der Waals surface area contributed by atoms with Crippen molar-refractivity contribution in [3.05, 3.63) is 0 Å². The second kappa shape index (κ2) is 6.34. The van der Waals surface area contributed by atoms with Gasteiger partial charge in [-0.05, 0) is 13.3 Å². The molecule has 0 fully saturated rings. The molecular weight excluding hydrogens is 227 g/mol. The summed E-state index contributed by atoms with van der Waals surface area (Å²) in [6, 6.07) is 0. The molecule has 0 aliphatic rings. The Morgan fingerprint density at radius 3 is 2.38 bits per heavy atom. The number of ether oxygens (including phenoxy) is 1. The van der Waals surface area contributed by atoms with E-state index in [0.29, 0.717) is 6.42 Å². The molecule has 0 spiro atoms. The summed E-state index contributed by atoms with van der Waals surface area (Å²) in [7, 11) is 0. The van der Waals surface area contributed by atoms with Gasteiger partial charge in [0.15, 0.2) is 0 Å². The van der Waals surface area contributed by atoms with Crippen molar-refractivity contribution in [2.45, 2.75) is 39.0 Å². The van der Waals surface area contributed by atoms with Gasteiger partial charge in [0.05, 0.1) is 12.5 Å². The minimum atomic E-state index is -4.92. The van der Waals surface area contributed by atoms with Crippen molar-refractivity contribution in [2.24, 2.45) is 0 Å². The van der Waals surface area contributed by atoms with E-state index in [1.807, 2.05) is 6.92 Å². The highest BCUT2D eigenvalue weighted by atomic mass is 19.4. The summed E-state index contributed by atoms with van der Waals surface area (Å²) in [6.45, 7) is 3.10.